The van der Waals surface area contributed by atoms with E-state index >= 15 is 0 Å². The van der Waals surface area contributed by atoms with Crippen LogP contribution in [0.5, 0.6) is 0 Å². The van der Waals surface area contributed by atoms with Gasteiger partial charge in [-0.05, 0) is 62.9 Å². The second-order valence-corrected chi connectivity index (χ2v) is 10.1. The van der Waals surface area contributed by atoms with E-state index in [0.29, 0.717) is 30.5 Å². The fourth-order valence-corrected chi connectivity index (χ4v) is 5.02. The third-order valence-corrected chi connectivity index (χ3v) is 7.54. The van der Waals surface area contributed by atoms with Gasteiger partial charge in [-0.3, -0.25) is 9.10 Å². The fourth-order valence-electron chi connectivity index (χ4n) is 3.77. The zero-order valence-corrected chi connectivity index (χ0v) is 19.4. The second kappa shape index (κ2) is 10.3. The number of rotatable bonds is 9. The van der Waals surface area contributed by atoms with Gasteiger partial charge in [0.25, 0.3) is 15.9 Å². The van der Waals surface area contributed by atoms with E-state index in [1.165, 1.54) is 24.2 Å². The first kappa shape index (κ1) is 23.3. The maximum Gasteiger partial charge on any atom is 0.264 e. The number of sulfonamides is 1. The second-order valence-electron chi connectivity index (χ2n) is 8.17. The summed E-state index contributed by atoms with van der Waals surface area (Å²) in [5, 5.41) is 2.90. The number of amides is 1. The number of aryl methyl sites for hydroxylation is 2. The Bertz CT molecular complexity index is 997. The molecule has 0 radical (unpaired) electrons. The molecule has 0 aromatic heterocycles. The van der Waals surface area contributed by atoms with Gasteiger partial charge < -0.3 is 10.1 Å². The highest BCUT2D eigenvalue weighted by atomic mass is 32.2. The molecule has 0 atom stereocenters. The summed E-state index contributed by atoms with van der Waals surface area (Å²) in [7, 11) is -2.21. The van der Waals surface area contributed by atoms with Crippen LogP contribution in [0.2, 0.25) is 0 Å². The van der Waals surface area contributed by atoms with Gasteiger partial charge in [0.05, 0.1) is 16.7 Å². The highest BCUT2D eigenvalue weighted by molar-refractivity contribution is 7.92. The van der Waals surface area contributed by atoms with Gasteiger partial charge in [-0.15, -0.1) is 0 Å². The third-order valence-electron chi connectivity index (χ3n) is 5.75. The van der Waals surface area contributed by atoms with Crippen molar-refractivity contribution in [2.24, 2.45) is 0 Å². The SMILES string of the molecule is Cc1ccc(S(=O)(=O)N(C)c2cc(C(=O)NCCCOC3CCCC3)ccc2C)cc1. The molecule has 0 heterocycles. The number of hydrogen-bond donors (Lipinski definition) is 1. The van der Waals surface area contributed by atoms with Crippen LogP contribution < -0.4 is 9.62 Å². The van der Waals surface area contributed by atoms with Gasteiger partial charge in [0.15, 0.2) is 0 Å². The first-order chi connectivity index (χ1) is 14.8. The van der Waals surface area contributed by atoms with Crippen LogP contribution in [0.4, 0.5) is 5.69 Å². The lowest BCUT2D eigenvalue weighted by atomic mass is 10.1. The lowest BCUT2D eigenvalue weighted by molar-refractivity contribution is 0.0565. The molecule has 168 valence electrons. The average Bonchev–Trinajstić information content (AvgIpc) is 3.27. The van der Waals surface area contributed by atoms with E-state index in [0.717, 1.165) is 30.4 Å². The van der Waals surface area contributed by atoms with Gasteiger partial charge in [-0.1, -0.05) is 36.6 Å². The molecule has 3 rings (SSSR count). The molecule has 0 spiro atoms. The van der Waals surface area contributed by atoms with Crippen molar-refractivity contribution in [1.82, 2.24) is 5.32 Å². The normalized spacial score (nSPS) is 14.5. The number of anilines is 1. The van der Waals surface area contributed by atoms with Crippen molar-refractivity contribution in [2.45, 2.75) is 57.0 Å². The van der Waals surface area contributed by atoms with Crippen LogP contribution in [0.15, 0.2) is 47.4 Å². The average molecular weight is 445 g/mol. The first-order valence-electron chi connectivity index (χ1n) is 10.8. The molecule has 1 amide bonds. The van der Waals surface area contributed by atoms with Crippen LogP contribution in [-0.4, -0.2) is 40.6 Å². The molecular weight excluding hydrogens is 412 g/mol. The van der Waals surface area contributed by atoms with Crippen molar-refractivity contribution in [1.29, 1.82) is 0 Å². The molecule has 6 nitrogen and oxygen atoms in total. The van der Waals surface area contributed by atoms with Gasteiger partial charge in [0.1, 0.15) is 0 Å². The molecule has 7 heteroatoms. The summed E-state index contributed by atoms with van der Waals surface area (Å²) in [4.78, 5) is 12.8. The lowest BCUT2D eigenvalue weighted by Gasteiger charge is -2.22. The Morgan fingerprint density at radius 2 is 1.77 bits per heavy atom. The molecular formula is C24H32N2O4S. The van der Waals surface area contributed by atoms with Crippen molar-refractivity contribution >= 4 is 21.6 Å². The number of benzene rings is 2. The zero-order chi connectivity index (χ0) is 22.4. The minimum absolute atomic E-state index is 0.219. The minimum atomic E-state index is -3.72. The maximum atomic E-state index is 13.0. The van der Waals surface area contributed by atoms with Crippen molar-refractivity contribution in [3.05, 3.63) is 59.2 Å². The highest BCUT2D eigenvalue weighted by Gasteiger charge is 2.23. The van der Waals surface area contributed by atoms with E-state index in [4.69, 9.17) is 4.74 Å². The molecule has 31 heavy (non-hydrogen) atoms. The quantitative estimate of drug-likeness (QED) is 0.588. The highest BCUT2D eigenvalue weighted by Crippen LogP contribution is 2.27. The maximum absolute atomic E-state index is 13.0. The van der Waals surface area contributed by atoms with Crippen LogP contribution in [0, 0.1) is 13.8 Å². The lowest BCUT2D eigenvalue weighted by Crippen LogP contribution is -2.29. The van der Waals surface area contributed by atoms with Crippen molar-refractivity contribution in [2.75, 3.05) is 24.5 Å². The first-order valence-corrected chi connectivity index (χ1v) is 12.3. The van der Waals surface area contributed by atoms with Crippen LogP contribution in [-0.2, 0) is 14.8 Å². The molecule has 0 unspecified atom stereocenters. The Morgan fingerprint density at radius 1 is 1.10 bits per heavy atom. The third kappa shape index (κ3) is 5.86. The van der Waals surface area contributed by atoms with E-state index < -0.39 is 10.0 Å². The minimum Gasteiger partial charge on any atom is -0.378 e. The topological polar surface area (TPSA) is 75.7 Å². The summed E-state index contributed by atoms with van der Waals surface area (Å²) in [5.74, 6) is -0.219. The monoisotopic (exact) mass is 444 g/mol. The number of nitrogens with zero attached hydrogens (tertiary/aromatic N) is 1. The van der Waals surface area contributed by atoms with Gasteiger partial charge in [0, 0.05) is 25.8 Å². The molecule has 1 fully saturated rings. The summed E-state index contributed by atoms with van der Waals surface area (Å²) in [6.45, 7) is 4.90. The Labute approximate surface area is 185 Å². The summed E-state index contributed by atoms with van der Waals surface area (Å²) in [6.07, 6.45) is 5.88. The molecule has 1 aliphatic rings. The molecule has 1 saturated carbocycles. The Kier molecular flexibility index (Phi) is 7.73. The number of ether oxygens (including phenoxy) is 1. The Hall–Kier alpha value is -2.38. The molecule has 2 aromatic rings. The Morgan fingerprint density at radius 3 is 2.45 bits per heavy atom. The van der Waals surface area contributed by atoms with Crippen molar-refractivity contribution < 1.29 is 17.9 Å². The van der Waals surface area contributed by atoms with Crippen LogP contribution in [0.25, 0.3) is 0 Å². The number of hydrogen-bond acceptors (Lipinski definition) is 4. The van der Waals surface area contributed by atoms with Gasteiger partial charge in [-0.25, -0.2) is 8.42 Å². The van der Waals surface area contributed by atoms with E-state index in [2.05, 4.69) is 5.32 Å². The zero-order valence-electron chi connectivity index (χ0n) is 18.6. The van der Waals surface area contributed by atoms with Crippen LogP contribution in [0.3, 0.4) is 0 Å². The number of nitrogens with one attached hydrogen (secondary N) is 1. The smallest absolute Gasteiger partial charge is 0.264 e. The van der Waals surface area contributed by atoms with Crippen LogP contribution >= 0.6 is 0 Å². The summed E-state index contributed by atoms with van der Waals surface area (Å²) >= 11 is 0. The Balaban J connectivity index is 1.63. The molecule has 1 aliphatic carbocycles. The van der Waals surface area contributed by atoms with Crippen molar-refractivity contribution in [3.63, 3.8) is 0 Å². The van der Waals surface area contributed by atoms with E-state index in [1.54, 1.807) is 42.5 Å². The number of carbonyl (C=O) groups excluding carboxylic acids is 1. The fraction of sp³-hybridized carbons (Fsp3) is 0.458. The summed E-state index contributed by atoms with van der Waals surface area (Å²) in [6, 6.07) is 11.9. The van der Waals surface area contributed by atoms with E-state index in [1.807, 2.05) is 13.8 Å². The molecule has 1 N–H and O–H groups in total. The van der Waals surface area contributed by atoms with Crippen LogP contribution in [0.1, 0.15) is 53.6 Å². The van der Waals surface area contributed by atoms with E-state index in [9.17, 15) is 13.2 Å². The van der Waals surface area contributed by atoms with Gasteiger partial charge in [-0.2, -0.15) is 0 Å². The van der Waals surface area contributed by atoms with Crippen molar-refractivity contribution in [3.8, 4) is 0 Å². The molecule has 0 aliphatic heterocycles. The predicted octanol–water partition coefficient (Wildman–Crippen LogP) is 4.21. The van der Waals surface area contributed by atoms with Gasteiger partial charge >= 0.3 is 0 Å². The van der Waals surface area contributed by atoms with E-state index in [-0.39, 0.29) is 10.8 Å². The largest absolute Gasteiger partial charge is 0.378 e. The standard InChI is InChI=1S/C24H32N2O4S/c1-18-9-13-22(14-10-18)31(28,29)26(3)23-17-20(12-11-19(23)2)24(27)25-15-6-16-30-21-7-4-5-8-21/h9-14,17,21H,4-8,15-16H2,1-3H3,(H,25,27). The predicted molar refractivity (Wildman–Crippen MR) is 123 cm³/mol. The van der Waals surface area contributed by atoms with Gasteiger partial charge in [0.2, 0.25) is 0 Å². The molecule has 2 aromatic carbocycles. The summed E-state index contributed by atoms with van der Waals surface area (Å²) < 4.78 is 33.1. The summed E-state index contributed by atoms with van der Waals surface area (Å²) in [5.41, 5.74) is 2.69. The molecule has 0 bridgehead atoms. The number of carbonyl (C=O) groups is 1. The molecule has 0 saturated heterocycles.